The molecule has 2 aromatic heterocycles. The number of nitriles is 2. The van der Waals surface area contributed by atoms with E-state index in [1.807, 2.05) is 12.1 Å². The summed E-state index contributed by atoms with van der Waals surface area (Å²) in [5, 5.41) is 48.0. The number of rotatable bonds is 28. The first-order chi connectivity index (χ1) is 28.4. The molecule has 1 amide bonds. The third kappa shape index (κ3) is 14.6. The second kappa shape index (κ2) is 24.3. The maximum absolute atomic E-state index is 14.1. The minimum absolute atomic E-state index is 0.0309. The SMILES string of the molecule is CCCCCCCCCCCCCCCCCC(=O)NC[C@H](COP(=O)(O)OC[C@H]1O[C@@](C#N)(c2ccc3c(N)ncnn23)[C@H](O)[C@@H]1O)OCc1cc(F)cc(C#N)c1. The summed E-state index contributed by atoms with van der Waals surface area (Å²) < 4.78 is 50.3. The number of aliphatic hydroxyl groups excluding tert-OH is 2. The number of phosphoric acid groups is 1. The number of aromatic nitrogens is 3. The van der Waals surface area contributed by atoms with Crippen LogP contribution in [0.4, 0.5) is 10.2 Å². The number of benzene rings is 1. The van der Waals surface area contributed by atoms with Gasteiger partial charge < -0.3 is 35.6 Å². The zero-order chi connectivity index (χ0) is 42.7. The molecule has 6 N–H and O–H groups in total. The quantitative estimate of drug-likeness (QED) is 0.0400. The number of nitrogens with two attached hydrogens (primary N) is 1. The minimum atomic E-state index is -4.90. The molecule has 1 unspecified atom stereocenters. The van der Waals surface area contributed by atoms with Gasteiger partial charge in [-0.15, -0.1) is 0 Å². The van der Waals surface area contributed by atoms with Gasteiger partial charge in [0.05, 0.1) is 43.3 Å². The number of carbonyl (C=O) groups excluding carboxylic acids is 1. The summed E-state index contributed by atoms with van der Waals surface area (Å²) in [4.78, 5) is 27.2. The average Bonchev–Trinajstić information content (AvgIpc) is 3.77. The summed E-state index contributed by atoms with van der Waals surface area (Å²) in [6, 6.07) is 10.3. The van der Waals surface area contributed by atoms with Crippen molar-refractivity contribution in [2.75, 3.05) is 25.5 Å². The van der Waals surface area contributed by atoms with Gasteiger partial charge in [-0.1, -0.05) is 96.8 Å². The number of nitrogens with zero attached hydrogens (tertiary/aromatic N) is 5. The number of aliphatic hydroxyl groups is 2. The summed E-state index contributed by atoms with van der Waals surface area (Å²) in [6.45, 7) is 0.550. The molecule has 0 radical (unpaired) electrons. The Morgan fingerprint density at radius 2 is 1.66 bits per heavy atom. The molecule has 4 rings (SSSR count). The highest BCUT2D eigenvalue weighted by atomic mass is 31.2. The summed E-state index contributed by atoms with van der Waals surface area (Å²) >= 11 is 0. The Morgan fingerprint density at radius 3 is 2.29 bits per heavy atom. The van der Waals surface area contributed by atoms with Crippen molar-refractivity contribution in [2.45, 2.75) is 146 Å². The maximum Gasteiger partial charge on any atom is 0.472 e. The molecule has 0 spiro atoms. The van der Waals surface area contributed by atoms with E-state index in [1.165, 1.54) is 99.4 Å². The number of fused-ring (bicyclic) bond motifs is 1. The van der Waals surface area contributed by atoms with Crippen molar-refractivity contribution in [2.24, 2.45) is 0 Å². The van der Waals surface area contributed by atoms with Gasteiger partial charge in [-0.3, -0.25) is 13.8 Å². The van der Waals surface area contributed by atoms with Gasteiger partial charge in [0.1, 0.15) is 42.0 Å². The van der Waals surface area contributed by atoms with Crippen molar-refractivity contribution in [1.29, 1.82) is 10.5 Å². The van der Waals surface area contributed by atoms with Crippen LogP contribution in [0.15, 0.2) is 36.7 Å². The molecule has 3 aromatic rings. The van der Waals surface area contributed by atoms with Gasteiger partial charge in [-0.05, 0) is 42.3 Å². The fraction of sp³-hybridized carbons (Fsp3) is 0.634. The van der Waals surface area contributed by atoms with Crippen LogP contribution in [-0.2, 0) is 40.1 Å². The molecule has 0 aliphatic carbocycles. The van der Waals surface area contributed by atoms with Gasteiger partial charge in [-0.2, -0.15) is 15.6 Å². The first-order valence-electron chi connectivity index (χ1n) is 20.7. The highest BCUT2D eigenvalue weighted by molar-refractivity contribution is 7.47. The number of ether oxygens (including phenoxy) is 2. The van der Waals surface area contributed by atoms with Crippen molar-refractivity contribution >= 4 is 25.1 Å². The lowest BCUT2D eigenvalue weighted by Gasteiger charge is -2.24. The van der Waals surface area contributed by atoms with E-state index < -0.39 is 56.9 Å². The van der Waals surface area contributed by atoms with Crippen molar-refractivity contribution in [3.8, 4) is 12.1 Å². The first-order valence-corrected chi connectivity index (χ1v) is 22.2. The molecule has 18 heteroatoms. The number of carbonyl (C=O) groups is 1. The molecule has 1 aliphatic heterocycles. The standard InChI is InChI=1S/C41H59FN7O9P/c1-2-3-4-5-6-7-8-9-10-11-12-13-14-15-16-17-37(50)46-24-33(55-25-31-20-30(23-43)21-32(42)22-31)26-56-59(53,54)57-27-35-38(51)39(52)41(28-44,58-35)36-19-18-34-40(45)47-29-48-49(34)36/h18-22,29,33,35,38-39,51-52H,2-17,24-27H2,1H3,(H,46,50)(H,53,54)(H2,45,47,48)/t33-,35-,38-,39-,41+/m1/s1. The number of halogens is 1. The Kier molecular flexibility index (Phi) is 19.6. The lowest BCUT2D eigenvalue weighted by atomic mass is 9.92. The van der Waals surface area contributed by atoms with Crippen LogP contribution in [0, 0.1) is 28.5 Å². The zero-order valence-electron chi connectivity index (χ0n) is 33.8. The highest BCUT2D eigenvalue weighted by Crippen LogP contribution is 2.46. The molecule has 16 nitrogen and oxygen atoms in total. The van der Waals surface area contributed by atoms with E-state index in [2.05, 4.69) is 22.3 Å². The number of anilines is 1. The molecule has 6 atom stereocenters. The zero-order valence-corrected chi connectivity index (χ0v) is 34.7. The number of phosphoric ester groups is 1. The topological polar surface area (TPSA) is 248 Å². The first kappa shape index (κ1) is 47.6. The summed E-state index contributed by atoms with van der Waals surface area (Å²) in [5.41, 5.74) is 4.47. The smallest absolute Gasteiger partial charge is 0.387 e. The van der Waals surface area contributed by atoms with Gasteiger partial charge in [0, 0.05) is 13.0 Å². The third-order valence-corrected chi connectivity index (χ3v) is 11.4. The molecule has 324 valence electrons. The molecule has 3 heterocycles. The van der Waals surface area contributed by atoms with E-state index in [1.54, 1.807) is 0 Å². The van der Waals surface area contributed by atoms with Gasteiger partial charge in [0.25, 0.3) is 0 Å². The second-order valence-corrected chi connectivity index (χ2v) is 16.5. The predicted molar refractivity (Wildman–Crippen MR) is 216 cm³/mol. The number of amides is 1. The largest absolute Gasteiger partial charge is 0.472 e. The van der Waals surface area contributed by atoms with Crippen LogP contribution in [0.25, 0.3) is 5.52 Å². The van der Waals surface area contributed by atoms with E-state index in [0.717, 1.165) is 31.7 Å². The van der Waals surface area contributed by atoms with Crippen molar-refractivity contribution in [3.05, 3.63) is 59.3 Å². The fourth-order valence-corrected chi connectivity index (χ4v) is 7.85. The lowest BCUT2D eigenvalue weighted by molar-refractivity contribution is -0.122. The number of nitrogen functional groups attached to an aromatic ring is 1. The second-order valence-electron chi connectivity index (χ2n) is 15.1. The molecular weight excluding hydrogens is 784 g/mol. The molecule has 59 heavy (non-hydrogen) atoms. The average molecular weight is 844 g/mol. The maximum atomic E-state index is 14.1. The van der Waals surface area contributed by atoms with E-state index in [9.17, 15) is 39.4 Å². The van der Waals surface area contributed by atoms with Crippen LogP contribution in [0.3, 0.4) is 0 Å². The third-order valence-electron chi connectivity index (χ3n) is 10.4. The lowest BCUT2D eigenvalue weighted by Crippen LogP contribution is -2.41. The Balaban J connectivity index is 1.23. The molecule has 1 aliphatic rings. The summed E-state index contributed by atoms with van der Waals surface area (Å²) in [6.07, 6.45) is 13.5. The predicted octanol–water partition coefficient (Wildman–Crippen LogP) is 6.26. The van der Waals surface area contributed by atoms with Crippen LogP contribution >= 0.6 is 7.82 Å². The Hall–Kier alpha value is -4.03. The van der Waals surface area contributed by atoms with Crippen molar-refractivity contribution in [3.63, 3.8) is 0 Å². The van der Waals surface area contributed by atoms with Crippen LogP contribution in [0.5, 0.6) is 0 Å². The van der Waals surface area contributed by atoms with Gasteiger partial charge in [0.2, 0.25) is 11.5 Å². The highest BCUT2D eigenvalue weighted by Gasteiger charge is 2.58. The number of hydrogen-bond acceptors (Lipinski definition) is 13. The molecule has 1 aromatic carbocycles. The van der Waals surface area contributed by atoms with Crippen LogP contribution in [0.1, 0.15) is 126 Å². The van der Waals surface area contributed by atoms with Crippen molar-refractivity contribution < 1.29 is 47.4 Å². The number of unbranched alkanes of at least 4 members (excludes halogenated alkanes) is 14. The number of hydrogen-bond donors (Lipinski definition) is 5. The van der Waals surface area contributed by atoms with Crippen molar-refractivity contribution in [1.82, 2.24) is 19.9 Å². The van der Waals surface area contributed by atoms with Crippen LogP contribution < -0.4 is 11.1 Å². The van der Waals surface area contributed by atoms with Gasteiger partial charge in [-0.25, -0.2) is 18.5 Å². The number of nitrogens with one attached hydrogen (secondary N) is 1. The van der Waals surface area contributed by atoms with Crippen LogP contribution in [-0.4, -0.2) is 79.8 Å². The Bertz CT molecular complexity index is 1910. The molecule has 1 fully saturated rings. The van der Waals surface area contributed by atoms with Gasteiger partial charge >= 0.3 is 7.82 Å². The molecule has 1 saturated heterocycles. The Labute approximate surface area is 345 Å². The van der Waals surface area contributed by atoms with E-state index in [-0.39, 0.29) is 42.6 Å². The van der Waals surface area contributed by atoms with Crippen LogP contribution in [0.2, 0.25) is 0 Å². The van der Waals surface area contributed by atoms with E-state index in [4.69, 9.17) is 24.3 Å². The fourth-order valence-electron chi connectivity index (χ4n) is 7.08. The summed E-state index contributed by atoms with van der Waals surface area (Å²) in [7, 11) is -4.90. The molecule has 0 saturated carbocycles. The summed E-state index contributed by atoms with van der Waals surface area (Å²) in [5.74, 6) is -0.800. The molecule has 0 bridgehead atoms. The molecular formula is C41H59FN7O9P. The minimum Gasteiger partial charge on any atom is -0.387 e. The van der Waals surface area contributed by atoms with E-state index >= 15 is 0 Å². The van der Waals surface area contributed by atoms with E-state index in [0.29, 0.717) is 17.5 Å². The van der Waals surface area contributed by atoms with Gasteiger partial charge in [0.15, 0.2) is 5.82 Å². The normalized spacial score (nSPS) is 20.6. The monoisotopic (exact) mass is 843 g/mol. The Morgan fingerprint density at radius 1 is 1.02 bits per heavy atom.